The number of aryl methyl sites for hydroxylation is 2. The molecule has 0 saturated carbocycles. The first-order valence-electron chi connectivity index (χ1n) is 5.51. The van der Waals surface area contributed by atoms with Crippen LogP contribution in [0, 0.1) is 19.8 Å². The van der Waals surface area contributed by atoms with Gasteiger partial charge in [0.05, 0.1) is 0 Å². The third-order valence-corrected chi connectivity index (χ3v) is 2.70. The van der Waals surface area contributed by atoms with Crippen LogP contribution in [0.3, 0.4) is 0 Å². The normalized spacial score (nSPS) is 11.6. The highest BCUT2D eigenvalue weighted by atomic mass is 35.5. The molecule has 17 heavy (non-hydrogen) atoms. The second-order valence-corrected chi connectivity index (χ2v) is 4.38. The number of benzene rings is 1. The third kappa shape index (κ3) is 4.02. The molecule has 1 unspecified atom stereocenters. The van der Waals surface area contributed by atoms with Gasteiger partial charge in [-0.15, -0.1) is 12.4 Å². The maximum absolute atomic E-state index is 11.9. The molecule has 0 bridgehead atoms. The Kier molecular flexibility index (Phi) is 6.21. The topological polar surface area (TPSA) is 46.3 Å². The Hall–Kier alpha value is -1.06. The van der Waals surface area contributed by atoms with E-state index in [-0.39, 0.29) is 24.2 Å². The van der Waals surface area contributed by atoms with Crippen LogP contribution in [0.5, 0.6) is 0 Å². The molecule has 0 aliphatic heterocycles. The number of amides is 1. The van der Waals surface area contributed by atoms with Crippen molar-refractivity contribution in [1.82, 2.24) is 0 Å². The third-order valence-electron chi connectivity index (χ3n) is 2.70. The quantitative estimate of drug-likeness (QED) is 0.902. The van der Waals surface area contributed by atoms with E-state index in [1.807, 2.05) is 32.9 Å². The van der Waals surface area contributed by atoms with Gasteiger partial charge in [-0.25, -0.2) is 0 Å². The Morgan fingerprint density at radius 3 is 2.18 bits per heavy atom. The van der Waals surface area contributed by atoms with Crippen molar-refractivity contribution in [3.05, 3.63) is 29.3 Å². The maximum atomic E-state index is 11.9. The fraction of sp³-hybridized carbons (Fsp3) is 0.462. The van der Waals surface area contributed by atoms with Crippen molar-refractivity contribution in [2.24, 2.45) is 11.7 Å². The summed E-state index contributed by atoms with van der Waals surface area (Å²) in [6.07, 6.45) is 0. The summed E-state index contributed by atoms with van der Waals surface area (Å²) in [7, 11) is 1.79. The van der Waals surface area contributed by atoms with Gasteiger partial charge in [0.2, 0.25) is 5.91 Å². The molecule has 0 radical (unpaired) electrons. The Labute approximate surface area is 109 Å². The molecular formula is C13H21ClN2O. The first-order chi connectivity index (χ1) is 7.45. The molecule has 1 aromatic rings. The predicted octanol–water partition coefficient (Wildman–Crippen LogP) is 2.28. The van der Waals surface area contributed by atoms with Crippen molar-refractivity contribution in [3.63, 3.8) is 0 Å². The lowest BCUT2D eigenvalue weighted by Gasteiger charge is -2.21. The Morgan fingerprint density at radius 2 is 1.76 bits per heavy atom. The van der Waals surface area contributed by atoms with Gasteiger partial charge in [-0.05, 0) is 37.1 Å². The summed E-state index contributed by atoms with van der Waals surface area (Å²) < 4.78 is 0. The largest absolute Gasteiger partial charge is 0.330 e. The number of hydrogen-bond donors (Lipinski definition) is 1. The van der Waals surface area contributed by atoms with Crippen molar-refractivity contribution in [2.45, 2.75) is 20.8 Å². The van der Waals surface area contributed by atoms with Crippen LogP contribution in [0.2, 0.25) is 0 Å². The van der Waals surface area contributed by atoms with E-state index in [9.17, 15) is 4.79 Å². The molecule has 4 heteroatoms. The van der Waals surface area contributed by atoms with Gasteiger partial charge in [0.25, 0.3) is 0 Å². The number of rotatable bonds is 3. The van der Waals surface area contributed by atoms with Gasteiger partial charge in [-0.1, -0.05) is 13.0 Å². The molecule has 0 spiro atoms. The molecule has 0 aromatic heterocycles. The Balaban J connectivity index is 0.00000256. The number of carbonyl (C=O) groups is 1. The van der Waals surface area contributed by atoms with Crippen LogP contribution in [-0.2, 0) is 4.79 Å². The van der Waals surface area contributed by atoms with Crippen LogP contribution < -0.4 is 10.6 Å². The SMILES string of the molecule is Cc1cc(C)cc(N(C)C(=O)C(C)CN)c1.Cl. The van der Waals surface area contributed by atoms with Crippen molar-refractivity contribution < 1.29 is 4.79 Å². The lowest BCUT2D eigenvalue weighted by Crippen LogP contribution is -2.35. The van der Waals surface area contributed by atoms with Crippen LogP contribution in [-0.4, -0.2) is 19.5 Å². The van der Waals surface area contributed by atoms with Crippen molar-refractivity contribution in [1.29, 1.82) is 0 Å². The van der Waals surface area contributed by atoms with Crippen LogP contribution in [0.4, 0.5) is 5.69 Å². The van der Waals surface area contributed by atoms with Gasteiger partial charge in [0, 0.05) is 25.2 Å². The lowest BCUT2D eigenvalue weighted by molar-refractivity contribution is -0.121. The van der Waals surface area contributed by atoms with Gasteiger partial charge in [0.1, 0.15) is 0 Å². The molecule has 0 aliphatic rings. The van der Waals surface area contributed by atoms with E-state index in [0.29, 0.717) is 6.54 Å². The maximum Gasteiger partial charge on any atom is 0.230 e. The van der Waals surface area contributed by atoms with E-state index in [1.165, 1.54) is 0 Å². The number of carbonyl (C=O) groups excluding carboxylic acids is 1. The smallest absolute Gasteiger partial charge is 0.230 e. The first-order valence-corrected chi connectivity index (χ1v) is 5.51. The van der Waals surface area contributed by atoms with Crippen LogP contribution in [0.15, 0.2) is 18.2 Å². The fourth-order valence-corrected chi connectivity index (χ4v) is 1.70. The second kappa shape index (κ2) is 6.62. The summed E-state index contributed by atoms with van der Waals surface area (Å²) >= 11 is 0. The predicted molar refractivity (Wildman–Crippen MR) is 74.8 cm³/mol. The van der Waals surface area contributed by atoms with E-state index in [1.54, 1.807) is 11.9 Å². The minimum absolute atomic E-state index is 0. The van der Waals surface area contributed by atoms with Crippen LogP contribution >= 0.6 is 12.4 Å². The number of nitrogens with zero attached hydrogens (tertiary/aromatic N) is 1. The Morgan fingerprint density at radius 1 is 1.29 bits per heavy atom. The fourth-order valence-electron chi connectivity index (χ4n) is 1.70. The zero-order chi connectivity index (χ0) is 12.3. The summed E-state index contributed by atoms with van der Waals surface area (Å²) in [4.78, 5) is 13.6. The van der Waals surface area contributed by atoms with E-state index in [4.69, 9.17) is 5.73 Å². The first kappa shape index (κ1) is 15.9. The van der Waals surface area contributed by atoms with E-state index in [2.05, 4.69) is 6.07 Å². The molecule has 3 nitrogen and oxygen atoms in total. The van der Waals surface area contributed by atoms with Crippen molar-refractivity contribution in [2.75, 3.05) is 18.5 Å². The average molecular weight is 257 g/mol. The number of nitrogens with two attached hydrogens (primary N) is 1. The highest BCUT2D eigenvalue weighted by molar-refractivity contribution is 5.94. The molecule has 1 amide bonds. The zero-order valence-electron chi connectivity index (χ0n) is 10.9. The number of hydrogen-bond acceptors (Lipinski definition) is 2. The minimum Gasteiger partial charge on any atom is -0.330 e. The van der Waals surface area contributed by atoms with E-state index >= 15 is 0 Å². The molecule has 96 valence electrons. The Bertz CT molecular complexity index is 373. The lowest BCUT2D eigenvalue weighted by atomic mass is 10.1. The summed E-state index contributed by atoms with van der Waals surface area (Å²) in [5, 5.41) is 0. The monoisotopic (exact) mass is 256 g/mol. The van der Waals surface area contributed by atoms with Gasteiger partial charge in [0.15, 0.2) is 0 Å². The number of halogens is 1. The highest BCUT2D eigenvalue weighted by Gasteiger charge is 2.17. The molecule has 2 N–H and O–H groups in total. The molecule has 1 aromatic carbocycles. The van der Waals surface area contributed by atoms with Gasteiger partial charge in [-0.2, -0.15) is 0 Å². The standard InChI is InChI=1S/C13H20N2O.ClH/c1-9-5-10(2)7-12(6-9)15(4)13(16)11(3)8-14;/h5-7,11H,8,14H2,1-4H3;1H. The molecule has 1 rings (SSSR count). The summed E-state index contributed by atoms with van der Waals surface area (Å²) in [6, 6.07) is 6.11. The summed E-state index contributed by atoms with van der Waals surface area (Å²) in [6.45, 7) is 6.29. The van der Waals surface area contributed by atoms with Crippen LogP contribution in [0.1, 0.15) is 18.1 Å². The molecule has 0 aliphatic carbocycles. The van der Waals surface area contributed by atoms with Gasteiger partial charge >= 0.3 is 0 Å². The molecule has 1 atom stereocenters. The molecule has 0 saturated heterocycles. The van der Waals surface area contributed by atoms with Crippen molar-refractivity contribution in [3.8, 4) is 0 Å². The molecular weight excluding hydrogens is 236 g/mol. The zero-order valence-corrected chi connectivity index (χ0v) is 11.7. The van der Waals surface area contributed by atoms with Crippen molar-refractivity contribution >= 4 is 24.0 Å². The van der Waals surface area contributed by atoms with Gasteiger partial charge < -0.3 is 10.6 Å². The number of anilines is 1. The highest BCUT2D eigenvalue weighted by Crippen LogP contribution is 2.18. The molecule has 0 fully saturated rings. The summed E-state index contributed by atoms with van der Waals surface area (Å²) in [5.74, 6) is -0.0710. The average Bonchev–Trinajstić information content (AvgIpc) is 2.24. The summed E-state index contributed by atoms with van der Waals surface area (Å²) in [5.41, 5.74) is 8.76. The van der Waals surface area contributed by atoms with Gasteiger partial charge in [-0.3, -0.25) is 4.79 Å². The minimum atomic E-state index is -0.134. The van der Waals surface area contributed by atoms with E-state index in [0.717, 1.165) is 16.8 Å². The molecule has 0 heterocycles. The van der Waals surface area contributed by atoms with Crippen LogP contribution in [0.25, 0.3) is 0 Å². The second-order valence-electron chi connectivity index (χ2n) is 4.38. The van der Waals surface area contributed by atoms with E-state index < -0.39 is 0 Å².